The summed E-state index contributed by atoms with van der Waals surface area (Å²) in [6.07, 6.45) is 12.4. The van der Waals surface area contributed by atoms with Crippen molar-refractivity contribution >= 4 is 17.8 Å². The van der Waals surface area contributed by atoms with Crippen LogP contribution < -0.4 is 14.4 Å². The van der Waals surface area contributed by atoms with Crippen molar-refractivity contribution < 1.29 is 9.47 Å². The van der Waals surface area contributed by atoms with Crippen LogP contribution in [0.1, 0.15) is 56.2 Å². The van der Waals surface area contributed by atoms with Gasteiger partial charge >= 0.3 is 0 Å². The molecule has 3 rings (SSSR count). The molecule has 5 nitrogen and oxygen atoms in total. The number of pyridine rings is 2. The van der Waals surface area contributed by atoms with Gasteiger partial charge in [-0.1, -0.05) is 38.8 Å². The fraction of sp³-hybridized carbons (Fsp3) is 0.379. The maximum Gasteiger partial charge on any atom is 0.143 e. The smallest absolute Gasteiger partial charge is 0.143 e. The van der Waals surface area contributed by atoms with E-state index >= 15 is 0 Å². The van der Waals surface area contributed by atoms with Crippen molar-refractivity contribution in [2.45, 2.75) is 46.5 Å². The maximum atomic E-state index is 5.82. The molecule has 0 saturated carbocycles. The van der Waals surface area contributed by atoms with Crippen LogP contribution in [0.25, 0.3) is 23.5 Å². The van der Waals surface area contributed by atoms with Crippen molar-refractivity contribution in [3.63, 3.8) is 0 Å². The molecule has 0 unspecified atom stereocenters. The minimum Gasteiger partial charge on any atom is -0.496 e. The van der Waals surface area contributed by atoms with Gasteiger partial charge in [0.15, 0.2) is 0 Å². The number of unbranched alkanes of at least 4 members (excludes halogenated alkanes) is 2. The molecule has 2 aromatic heterocycles. The summed E-state index contributed by atoms with van der Waals surface area (Å²) in [5.74, 6) is 1.70. The SMILES string of the molecule is CCCCN(CCCC)c1cc(OC)c(/C=C/c2ccnc(-c3cc(C)ccn3)c2)cc1OC. The Morgan fingerprint density at radius 1 is 0.794 bits per heavy atom. The number of aromatic nitrogens is 2. The predicted molar refractivity (Wildman–Crippen MR) is 143 cm³/mol. The second-order valence-electron chi connectivity index (χ2n) is 8.49. The van der Waals surface area contributed by atoms with E-state index in [4.69, 9.17) is 9.47 Å². The molecule has 0 aliphatic carbocycles. The van der Waals surface area contributed by atoms with Gasteiger partial charge in [0, 0.05) is 37.1 Å². The van der Waals surface area contributed by atoms with E-state index in [1.165, 1.54) is 0 Å². The van der Waals surface area contributed by atoms with Crippen LogP contribution in [-0.2, 0) is 0 Å². The van der Waals surface area contributed by atoms with E-state index in [1.54, 1.807) is 14.2 Å². The molecule has 0 N–H and O–H groups in total. The predicted octanol–water partition coefficient (Wildman–Crippen LogP) is 7.05. The van der Waals surface area contributed by atoms with Crippen LogP contribution in [0.5, 0.6) is 11.5 Å². The van der Waals surface area contributed by atoms with Crippen LogP contribution in [0.2, 0.25) is 0 Å². The number of ether oxygens (including phenoxy) is 2. The van der Waals surface area contributed by atoms with Crippen molar-refractivity contribution in [2.24, 2.45) is 0 Å². The summed E-state index contributed by atoms with van der Waals surface area (Å²) in [6, 6.07) is 12.3. The lowest BCUT2D eigenvalue weighted by molar-refractivity contribution is 0.401. The molecule has 2 heterocycles. The molecule has 180 valence electrons. The lowest BCUT2D eigenvalue weighted by Crippen LogP contribution is -2.26. The lowest BCUT2D eigenvalue weighted by Gasteiger charge is -2.27. The first-order chi connectivity index (χ1) is 16.6. The molecule has 34 heavy (non-hydrogen) atoms. The summed E-state index contributed by atoms with van der Waals surface area (Å²) in [6.45, 7) is 8.53. The van der Waals surface area contributed by atoms with Gasteiger partial charge in [0.25, 0.3) is 0 Å². The molecule has 0 saturated heterocycles. The average molecular weight is 460 g/mol. The molecule has 0 fully saturated rings. The van der Waals surface area contributed by atoms with Gasteiger partial charge in [-0.3, -0.25) is 9.97 Å². The molecule has 0 aliphatic rings. The van der Waals surface area contributed by atoms with Crippen LogP contribution in [0, 0.1) is 6.92 Å². The van der Waals surface area contributed by atoms with Gasteiger partial charge in [0.1, 0.15) is 11.5 Å². The van der Waals surface area contributed by atoms with Gasteiger partial charge in [-0.25, -0.2) is 0 Å². The van der Waals surface area contributed by atoms with Crippen molar-refractivity contribution in [2.75, 3.05) is 32.2 Å². The molecule has 0 aliphatic heterocycles. The molecular weight excluding hydrogens is 422 g/mol. The van der Waals surface area contributed by atoms with E-state index in [2.05, 4.69) is 59.9 Å². The van der Waals surface area contributed by atoms with Crippen molar-refractivity contribution in [1.82, 2.24) is 9.97 Å². The number of aryl methyl sites for hydroxylation is 1. The summed E-state index contributed by atoms with van der Waals surface area (Å²) in [7, 11) is 3.46. The van der Waals surface area contributed by atoms with Crippen LogP contribution >= 0.6 is 0 Å². The zero-order chi connectivity index (χ0) is 24.3. The molecule has 0 bridgehead atoms. The number of hydrogen-bond acceptors (Lipinski definition) is 5. The Balaban J connectivity index is 1.92. The lowest BCUT2D eigenvalue weighted by atomic mass is 10.1. The largest absolute Gasteiger partial charge is 0.496 e. The number of hydrogen-bond donors (Lipinski definition) is 0. The van der Waals surface area contributed by atoms with E-state index in [-0.39, 0.29) is 0 Å². The fourth-order valence-electron chi connectivity index (χ4n) is 3.89. The van der Waals surface area contributed by atoms with Gasteiger partial charge in [0.05, 0.1) is 31.3 Å². The Morgan fingerprint density at radius 3 is 2.06 bits per heavy atom. The summed E-state index contributed by atoms with van der Waals surface area (Å²) in [5, 5.41) is 0. The van der Waals surface area contributed by atoms with E-state index in [0.29, 0.717) is 0 Å². The Bertz CT molecular complexity index is 1090. The Kier molecular flexibility index (Phi) is 9.51. The van der Waals surface area contributed by atoms with Crippen LogP contribution in [0.15, 0.2) is 48.8 Å². The highest BCUT2D eigenvalue weighted by Gasteiger charge is 2.16. The number of methoxy groups -OCH3 is 2. The zero-order valence-electron chi connectivity index (χ0n) is 21.2. The number of anilines is 1. The minimum absolute atomic E-state index is 0.833. The minimum atomic E-state index is 0.833. The Labute approximate surface area is 204 Å². The van der Waals surface area contributed by atoms with E-state index in [1.807, 2.05) is 36.7 Å². The van der Waals surface area contributed by atoms with Gasteiger partial charge in [-0.2, -0.15) is 0 Å². The Hall–Kier alpha value is -3.34. The first-order valence-electron chi connectivity index (χ1n) is 12.2. The first-order valence-corrected chi connectivity index (χ1v) is 12.2. The van der Waals surface area contributed by atoms with Crippen molar-refractivity contribution in [1.29, 1.82) is 0 Å². The second kappa shape index (κ2) is 12.8. The van der Waals surface area contributed by atoms with Crippen LogP contribution in [0.3, 0.4) is 0 Å². The quantitative estimate of drug-likeness (QED) is 0.290. The molecule has 5 heteroatoms. The highest BCUT2D eigenvalue weighted by Crippen LogP contribution is 2.37. The number of nitrogens with zero attached hydrogens (tertiary/aromatic N) is 3. The second-order valence-corrected chi connectivity index (χ2v) is 8.49. The van der Waals surface area contributed by atoms with Gasteiger partial charge in [-0.05, 0) is 61.2 Å². The monoisotopic (exact) mass is 459 g/mol. The highest BCUT2D eigenvalue weighted by atomic mass is 16.5. The van der Waals surface area contributed by atoms with Gasteiger partial charge in [0.2, 0.25) is 0 Å². The topological polar surface area (TPSA) is 47.5 Å². The van der Waals surface area contributed by atoms with E-state index in [9.17, 15) is 0 Å². The fourth-order valence-corrected chi connectivity index (χ4v) is 3.89. The van der Waals surface area contributed by atoms with Crippen molar-refractivity contribution in [3.05, 3.63) is 65.5 Å². The first kappa shape index (κ1) is 25.3. The third-order valence-electron chi connectivity index (χ3n) is 5.85. The average Bonchev–Trinajstić information content (AvgIpc) is 2.87. The van der Waals surface area contributed by atoms with Crippen LogP contribution in [-0.4, -0.2) is 37.3 Å². The molecular formula is C29H37N3O2. The normalized spacial score (nSPS) is 11.1. The molecule has 0 amide bonds. The standard InChI is InChI=1S/C29H37N3O2/c1-6-8-16-32(17-9-7-2)27-21-28(33-4)24(20-29(27)34-5)11-10-23-13-15-31-26(19-23)25-18-22(3)12-14-30-25/h10-15,18-21H,6-9,16-17H2,1-5H3/b11-10+. The summed E-state index contributed by atoms with van der Waals surface area (Å²) < 4.78 is 11.6. The van der Waals surface area contributed by atoms with Crippen molar-refractivity contribution in [3.8, 4) is 22.9 Å². The van der Waals surface area contributed by atoms with Crippen LogP contribution in [0.4, 0.5) is 5.69 Å². The molecule has 0 spiro atoms. The number of benzene rings is 1. The number of rotatable bonds is 12. The summed E-state index contributed by atoms with van der Waals surface area (Å²) in [5.41, 5.74) is 6.00. The van der Waals surface area contributed by atoms with Gasteiger partial charge in [-0.15, -0.1) is 0 Å². The third kappa shape index (κ3) is 6.60. The highest BCUT2D eigenvalue weighted by molar-refractivity contribution is 5.77. The molecule has 0 radical (unpaired) electrons. The molecule has 3 aromatic rings. The van der Waals surface area contributed by atoms with E-state index in [0.717, 1.165) is 84.0 Å². The molecule has 1 aromatic carbocycles. The summed E-state index contributed by atoms with van der Waals surface area (Å²) >= 11 is 0. The van der Waals surface area contributed by atoms with E-state index < -0.39 is 0 Å². The zero-order valence-corrected chi connectivity index (χ0v) is 21.2. The molecule has 0 atom stereocenters. The van der Waals surface area contributed by atoms with Gasteiger partial charge < -0.3 is 14.4 Å². The Morgan fingerprint density at radius 2 is 1.44 bits per heavy atom. The summed E-state index contributed by atoms with van der Waals surface area (Å²) in [4.78, 5) is 11.4. The third-order valence-corrected chi connectivity index (χ3v) is 5.85. The maximum absolute atomic E-state index is 5.82.